The van der Waals surface area contributed by atoms with E-state index in [0.717, 1.165) is 12.8 Å². The van der Waals surface area contributed by atoms with E-state index in [1.807, 2.05) is 0 Å². The number of hydrogen-bond acceptors (Lipinski definition) is 3. The van der Waals surface area contributed by atoms with E-state index >= 15 is 0 Å². The topological polar surface area (TPSA) is 69.6 Å². The number of anilines is 1. The number of carbonyl (C=O) groups excluding carboxylic acids is 1. The van der Waals surface area contributed by atoms with Crippen LogP contribution in [0.4, 0.5) is 10.5 Å². The quantitative estimate of drug-likeness (QED) is 0.880. The molecule has 1 unspecified atom stereocenters. The Balaban J connectivity index is 2.06. The summed E-state index contributed by atoms with van der Waals surface area (Å²) in [6.45, 7) is 0.656. The molecule has 0 saturated carbocycles. The van der Waals surface area contributed by atoms with Crippen LogP contribution in [-0.4, -0.2) is 45.7 Å². The van der Waals surface area contributed by atoms with Gasteiger partial charge < -0.3 is 15.3 Å². The number of benzene rings is 1. The summed E-state index contributed by atoms with van der Waals surface area (Å²) >= 11 is 0. The average Bonchev–Trinajstić information content (AvgIpc) is 2.87. The van der Waals surface area contributed by atoms with E-state index in [-0.39, 0.29) is 18.7 Å². The maximum atomic E-state index is 12.1. The lowest BCUT2D eigenvalue weighted by molar-refractivity contribution is 0.166. The summed E-state index contributed by atoms with van der Waals surface area (Å²) in [6.07, 6.45) is 3.35. The third kappa shape index (κ3) is 3.33. The first-order valence-corrected chi connectivity index (χ1v) is 7.79. The largest absolute Gasteiger partial charge is 0.394 e. The second kappa shape index (κ2) is 6.16. The first-order valence-electron chi connectivity index (χ1n) is 6.24. The molecule has 1 aromatic carbocycles. The van der Waals surface area contributed by atoms with E-state index in [4.69, 9.17) is 0 Å². The Kier molecular flexibility index (Phi) is 4.55. The molecule has 0 radical (unpaired) electrons. The maximum absolute atomic E-state index is 12.1. The lowest BCUT2D eigenvalue weighted by Gasteiger charge is -2.23. The number of amides is 2. The second-order valence-corrected chi connectivity index (χ2v) is 5.96. The zero-order chi connectivity index (χ0) is 13.8. The molecule has 0 spiro atoms. The molecule has 1 aliphatic rings. The van der Waals surface area contributed by atoms with Gasteiger partial charge in [-0.05, 0) is 31.0 Å². The summed E-state index contributed by atoms with van der Waals surface area (Å²) in [5.41, 5.74) is 0.626. The van der Waals surface area contributed by atoms with E-state index in [9.17, 15) is 14.1 Å². The minimum Gasteiger partial charge on any atom is -0.394 e. The van der Waals surface area contributed by atoms with Crippen molar-refractivity contribution < 1.29 is 14.1 Å². The van der Waals surface area contributed by atoms with Gasteiger partial charge in [-0.3, -0.25) is 4.21 Å². The smallest absolute Gasteiger partial charge is 0.322 e. The fourth-order valence-corrected chi connectivity index (χ4v) is 2.80. The second-order valence-electron chi connectivity index (χ2n) is 4.58. The minimum absolute atomic E-state index is 0.00750. The fraction of sp³-hybridized carbons (Fsp3) is 0.462. The number of urea groups is 1. The van der Waals surface area contributed by atoms with Gasteiger partial charge in [0, 0.05) is 34.2 Å². The Hall–Kier alpha value is -1.40. The molecular weight excluding hydrogens is 264 g/mol. The number of likely N-dealkylation sites (tertiary alicyclic amines) is 1. The van der Waals surface area contributed by atoms with E-state index in [1.165, 1.54) is 0 Å². The molecule has 5 nitrogen and oxygen atoms in total. The van der Waals surface area contributed by atoms with Crippen molar-refractivity contribution in [2.75, 3.05) is 24.7 Å². The van der Waals surface area contributed by atoms with Crippen LogP contribution in [0.2, 0.25) is 0 Å². The van der Waals surface area contributed by atoms with E-state index in [0.29, 0.717) is 17.1 Å². The van der Waals surface area contributed by atoms with Crippen molar-refractivity contribution in [3.05, 3.63) is 24.3 Å². The van der Waals surface area contributed by atoms with Crippen molar-refractivity contribution in [2.24, 2.45) is 0 Å². The first-order chi connectivity index (χ1) is 9.11. The average molecular weight is 282 g/mol. The standard InChI is InChI=1S/C13H18N2O3S/c1-19(18)12-6-2-4-10(8-12)14-13(17)15-7-3-5-11(15)9-16/h2,4,6,8,11,16H,3,5,7,9H2,1H3,(H,14,17)/t11-,19?/m0/s1. The van der Waals surface area contributed by atoms with Gasteiger partial charge in [-0.1, -0.05) is 6.07 Å². The summed E-state index contributed by atoms with van der Waals surface area (Å²) in [5.74, 6) is 0. The first kappa shape index (κ1) is 14.0. The van der Waals surface area contributed by atoms with Crippen LogP contribution >= 0.6 is 0 Å². The van der Waals surface area contributed by atoms with Gasteiger partial charge in [-0.2, -0.15) is 0 Å². The van der Waals surface area contributed by atoms with E-state index in [1.54, 1.807) is 35.4 Å². The molecule has 104 valence electrons. The molecule has 6 heteroatoms. The van der Waals surface area contributed by atoms with Crippen LogP contribution in [0.1, 0.15) is 12.8 Å². The lowest BCUT2D eigenvalue weighted by Crippen LogP contribution is -2.40. The zero-order valence-electron chi connectivity index (χ0n) is 10.8. The van der Waals surface area contributed by atoms with Crippen molar-refractivity contribution in [3.8, 4) is 0 Å². The van der Waals surface area contributed by atoms with Crippen LogP contribution < -0.4 is 5.32 Å². The molecule has 1 saturated heterocycles. The number of carbonyl (C=O) groups is 1. The predicted octanol–water partition coefficient (Wildman–Crippen LogP) is 1.41. The van der Waals surface area contributed by atoms with Crippen molar-refractivity contribution >= 4 is 22.5 Å². The van der Waals surface area contributed by atoms with Gasteiger partial charge in [0.15, 0.2) is 0 Å². The third-order valence-electron chi connectivity index (χ3n) is 3.27. The molecule has 19 heavy (non-hydrogen) atoms. The van der Waals surface area contributed by atoms with Gasteiger partial charge in [0.2, 0.25) is 0 Å². The molecular formula is C13H18N2O3S. The highest BCUT2D eigenvalue weighted by Gasteiger charge is 2.27. The third-order valence-corrected chi connectivity index (χ3v) is 4.18. The van der Waals surface area contributed by atoms with Gasteiger partial charge in [-0.25, -0.2) is 4.79 Å². The van der Waals surface area contributed by atoms with Crippen LogP contribution in [-0.2, 0) is 10.8 Å². The van der Waals surface area contributed by atoms with Crippen molar-refractivity contribution in [1.29, 1.82) is 0 Å². The maximum Gasteiger partial charge on any atom is 0.322 e. The Morgan fingerprint density at radius 3 is 3.05 bits per heavy atom. The molecule has 2 rings (SSSR count). The number of aliphatic hydroxyl groups excluding tert-OH is 1. The molecule has 1 heterocycles. The van der Waals surface area contributed by atoms with Crippen LogP contribution in [0.25, 0.3) is 0 Å². The summed E-state index contributed by atoms with van der Waals surface area (Å²) in [7, 11) is -1.07. The Labute approximate surface area is 115 Å². The fourth-order valence-electron chi connectivity index (χ4n) is 2.24. The van der Waals surface area contributed by atoms with Crippen LogP contribution in [0, 0.1) is 0 Å². The summed E-state index contributed by atoms with van der Waals surface area (Å²) in [4.78, 5) is 14.4. The van der Waals surface area contributed by atoms with Crippen LogP contribution in [0.3, 0.4) is 0 Å². The number of nitrogens with one attached hydrogen (secondary N) is 1. The van der Waals surface area contributed by atoms with Crippen LogP contribution in [0.15, 0.2) is 29.2 Å². The Bertz CT molecular complexity index is 493. The monoisotopic (exact) mass is 282 g/mol. The van der Waals surface area contributed by atoms with E-state index < -0.39 is 10.8 Å². The highest BCUT2D eigenvalue weighted by molar-refractivity contribution is 7.84. The number of nitrogens with zero attached hydrogens (tertiary/aromatic N) is 1. The van der Waals surface area contributed by atoms with Gasteiger partial charge in [-0.15, -0.1) is 0 Å². The van der Waals surface area contributed by atoms with Gasteiger partial charge in [0.05, 0.1) is 12.6 Å². The van der Waals surface area contributed by atoms with E-state index in [2.05, 4.69) is 5.32 Å². The molecule has 0 bridgehead atoms. The van der Waals surface area contributed by atoms with Gasteiger partial charge in [0.1, 0.15) is 0 Å². The number of aliphatic hydroxyl groups is 1. The molecule has 0 aromatic heterocycles. The Morgan fingerprint density at radius 2 is 2.37 bits per heavy atom. The molecule has 1 aliphatic heterocycles. The van der Waals surface area contributed by atoms with Crippen molar-refractivity contribution in [1.82, 2.24) is 4.90 Å². The van der Waals surface area contributed by atoms with Crippen LogP contribution in [0.5, 0.6) is 0 Å². The molecule has 1 fully saturated rings. The predicted molar refractivity (Wildman–Crippen MR) is 74.6 cm³/mol. The lowest BCUT2D eigenvalue weighted by atomic mass is 10.2. The van der Waals surface area contributed by atoms with Gasteiger partial charge >= 0.3 is 6.03 Å². The number of rotatable bonds is 3. The van der Waals surface area contributed by atoms with Gasteiger partial charge in [0.25, 0.3) is 0 Å². The Morgan fingerprint density at radius 1 is 1.58 bits per heavy atom. The molecule has 2 atom stereocenters. The highest BCUT2D eigenvalue weighted by atomic mass is 32.2. The zero-order valence-corrected chi connectivity index (χ0v) is 11.7. The SMILES string of the molecule is CS(=O)c1cccc(NC(=O)N2CCC[C@H]2CO)c1. The summed E-state index contributed by atoms with van der Waals surface area (Å²) < 4.78 is 11.4. The number of hydrogen-bond donors (Lipinski definition) is 2. The molecule has 0 aliphatic carbocycles. The van der Waals surface area contributed by atoms with Crippen molar-refractivity contribution in [2.45, 2.75) is 23.8 Å². The molecule has 2 amide bonds. The van der Waals surface area contributed by atoms with Crippen molar-refractivity contribution in [3.63, 3.8) is 0 Å². The summed E-state index contributed by atoms with van der Waals surface area (Å²) in [6, 6.07) is 6.69. The molecule has 2 N–H and O–H groups in total. The summed E-state index contributed by atoms with van der Waals surface area (Å²) in [5, 5.41) is 12.0. The molecule has 1 aromatic rings. The minimum atomic E-state index is -1.07. The normalized spacial score (nSPS) is 20.3. The highest BCUT2D eigenvalue weighted by Crippen LogP contribution is 2.19.